The van der Waals surface area contributed by atoms with Crippen molar-refractivity contribution in [2.45, 2.75) is 13.8 Å². The highest BCUT2D eigenvalue weighted by molar-refractivity contribution is 7.89. The maximum Gasteiger partial charge on any atom is 0.276 e. The van der Waals surface area contributed by atoms with E-state index in [2.05, 4.69) is 4.98 Å². The van der Waals surface area contributed by atoms with Crippen LogP contribution in [0.25, 0.3) is 10.6 Å². The number of carbonyl (C=O) groups is 1. The second-order valence-corrected chi connectivity index (χ2v) is 7.34. The number of carbonyl (C=O) groups excluding carboxylic acids is 1. The van der Waals surface area contributed by atoms with E-state index in [1.165, 1.54) is 0 Å². The minimum absolute atomic E-state index is 0.286. The molecule has 0 unspecified atom stereocenters. The molecular weight excluding hydrogens is 324 g/mol. The number of thiazole rings is 1. The molecular formula is C14H16N2O4S2. The molecule has 1 amide bonds. The van der Waals surface area contributed by atoms with Crippen molar-refractivity contribution in [1.82, 2.24) is 9.71 Å². The second kappa shape index (κ2) is 6.45. The summed E-state index contributed by atoms with van der Waals surface area (Å²) >= 11 is 1.15. The van der Waals surface area contributed by atoms with Crippen LogP contribution in [0.5, 0.6) is 5.75 Å². The van der Waals surface area contributed by atoms with Gasteiger partial charge in [-0.3, -0.25) is 4.79 Å². The SMILES string of the molecule is CCOc1ccc(-c2nc(C)c(C(=O)NS(C)(=O)=O)s2)cc1. The summed E-state index contributed by atoms with van der Waals surface area (Å²) in [5.74, 6) is 0.101. The maximum atomic E-state index is 11.9. The quantitative estimate of drug-likeness (QED) is 0.902. The predicted octanol–water partition coefficient (Wildman–Crippen LogP) is 2.21. The van der Waals surface area contributed by atoms with Gasteiger partial charge in [0, 0.05) is 5.56 Å². The molecule has 6 nitrogen and oxygen atoms in total. The summed E-state index contributed by atoms with van der Waals surface area (Å²) in [6.07, 6.45) is 0.939. The first-order valence-corrected chi connectivity index (χ1v) is 9.23. The minimum atomic E-state index is -3.59. The van der Waals surface area contributed by atoms with E-state index >= 15 is 0 Å². The molecule has 118 valence electrons. The lowest BCUT2D eigenvalue weighted by Crippen LogP contribution is -2.29. The van der Waals surface area contributed by atoms with Crippen molar-refractivity contribution in [3.63, 3.8) is 0 Å². The summed E-state index contributed by atoms with van der Waals surface area (Å²) in [5, 5.41) is 0.652. The molecule has 22 heavy (non-hydrogen) atoms. The molecule has 0 fully saturated rings. The fraction of sp³-hybridized carbons (Fsp3) is 0.286. The van der Waals surface area contributed by atoms with Crippen LogP contribution in [-0.2, 0) is 10.0 Å². The van der Waals surface area contributed by atoms with Crippen molar-refractivity contribution in [3.8, 4) is 16.3 Å². The molecule has 1 aromatic heterocycles. The Bertz CT molecular complexity index is 780. The first kappa shape index (κ1) is 16.4. The molecule has 2 rings (SSSR count). The molecule has 0 spiro atoms. The highest BCUT2D eigenvalue weighted by atomic mass is 32.2. The van der Waals surface area contributed by atoms with Crippen LogP contribution in [0.3, 0.4) is 0 Å². The maximum absolute atomic E-state index is 11.9. The molecule has 2 aromatic rings. The van der Waals surface area contributed by atoms with Gasteiger partial charge in [0.15, 0.2) is 0 Å². The molecule has 0 radical (unpaired) electrons. The lowest BCUT2D eigenvalue weighted by molar-refractivity contribution is 0.0985. The molecule has 0 saturated carbocycles. The average molecular weight is 340 g/mol. The fourth-order valence-electron chi connectivity index (χ4n) is 1.81. The van der Waals surface area contributed by atoms with Gasteiger partial charge in [-0.05, 0) is 38.1 Å². The van der Waals surface area contributed by atoms with E-state index in [0.29, 0.717) is 17.3 Å². The van der Waals surface area contributed by atoms with E-state index in [4.69, 9.17) is 4.74 Å². The molecule has 0 bridgehead atoms. The van der Waals surface area contributed by atoms with Crippen LogP contribution in [0.15, 0.2) is 24.3 Å². The van der Waals surface area contributed by atoms with Gasteiger partial charge in [0.05, 0.1) is 18.6 Å². The largest absolute Gasteiger partial charge is 0.494 e. The van der Waals surface area contributed by atoms with Gasteiger partial charge in [-0.1, -0.05) is 0 Å². The third-order valence-corrected chi connectivity index (χ3v) is 4.45. The number of aryl methyl sites for hydroxylation is 1. The Labute approximate surface area is 133 Å². The molecule has 8 heteroatoms. The number of benzene rings is 1. The third kappa shape index (κ3) is 4.05. The van der Waals surface area contributed by atoms with Gasteiger partial charge < -0.3 is 4.74 Å². The number of hydrogen-bond donors (Lipinski definition) is 1. The van der Waals surface area contributed by atoms with Crippen LogP contribution in [0.1, 0.15) is 22.3 Å². The van der Waals surface area contributed by atoms with E-state index in [1.54, 1.807) is 6.92 Å². The topological polar surface area (TPSA) is 85.4 Å². The standard InChI is InChI=1S/C14H16N2O4S2/c1-4-20-11-7-5-10(6-8-11)14-15-9(2)12(21-14)13(17)16-22(3,18)19/h5-8H,4H2,1-3H3,(H,16,17). The first-order chi connectivity index (χ1) is 10.3. The van der Waals surface area contributed by atoms with Crippen molar-refractivity contribution in [1.29, 1.82) is 0 Å². The van der Waals surface area contributed by atoms with Crippen molar-refractivity contribution in [3.05, 3.63) is 34.8 Å². The fourth-order valence-corrected chi connectivity index (χ4v) is 3.28. The van der Waals surface area contributed by atoms with Gasteiger partial charge in [-0.2, -0.15) is 0 Å². The number of nitrogens with one attached hydrogen (secondary N) is 1. The Morgan fingerprint density at radius 1 is 1.32 bits per heavy atom. The van der Waals surface area contributed by atoms with Crippen LogP contribution in [0.4, 0.5) is 0 Å². The predicted molar refractivity (Wildman–Crippen MR) is 85.8 cm³/mol. The molecule has 1 heterocycles. The number of hydrogen-bond acceptors (Lipinski definition) is 6. The molecule has 0 saturated heterocycles. The third-order valence-electron chi connectivity index (χ3n) is 2.69. The number of aromatic nitrogens is 1. The Morgan fingerprint density at radius 3 is 2.50 bits per heavy atom. The zero-order valence-electron chi connectivity index (χ0n) is 12.4. The Kier molecular flexibility index (Phi) is 4.82. The average Bonchev–Trinajstić information content (AvgIpc) is 2.80. The summed E-state index contributed by atoms with van der Waals surface area (Å²) in [4.78, 5) is 16.5. The van der Waals surface area contributed by atoms with Crippen molar-refractivity contribution in [2.75, 3.05) is 12.9 Å². The summed E-state index contributed by atoms with van der Waals surface area (Å²) < 4.78 is 29.6. The number of rotatable bonds is 5. The molecule has 1 N–H and O–H groups in total. The van der Waals surface area contributed by atoms with E-state index in [1.807, 2.05) is 35.9 Å². The van der Waals surface area contributed by atoms with E-state index in [0.717, 1.165) is 28.9 Å². The van der Waals surface area contributed by atoms with Crippen molar-refractivity contribution < 1.29 is 17.9 Å². The van der Waals surface area contributed by atoms with Crippen molar-refractivity contribution >= 4 is 27.3 Å². The summed E-state index contributed by atoms with van der Waals surface area (Å²) in [7, 11) is -3.59. The van der Waals surface area contributed by atoms with Gasteiger partial charge in [-0.15, -0.1) is 11.3 Å². The Hall–Kier alpha value is -1.93. The van der Waals surface area contributed by atoms with Crippen LogP contribution >= 0.6 is 11.3 Å². The lowest BCUT2D eigenvalue weighted by Gasteiger charge is -2.02. The van der Waals surface area contributed by atoms with Crippen LogP contribution < -0.4 is 9.46 Å². The normalized spacial score (nSPS) is 11.2. The number of ether oxygens (including phenoxy) is 1. The Morgan fingerprint density at radius 2 is 1.95 bits per heavy atom. The first-order valence-electron chi connectivity index (χ1n) is 6.53. The smallest absolute Gasteiger partial charge is 0.276 e. The molecule has 0 atom stereocenters. The van der Waals surface area contributed by atoms with Gasteiger partial charge in [0.1, 0.15) is 15.6 Å². The second-order valence-electron chi connectivity index (χ2n) is 4.59. The number of nitrogens with zero attached hydrogens (tertiary/aromatic N) is 1. The number of sulfonamides is 1. The molecule has 0 aliphatic heterocycles. The van der Waals surface area contributed by atoms with E-state index in [-0.39, 0.29) is 4.88 Å². The lowest BCUT2D eigenvalue weighted by atomic mass is 10.2. The Balaban J connectivity index is 2.27. The van der Waals surface area contributed by atoms with Crippen LogP contribution in [-0.4, -0.2) is 32.2 Å². The summed E-state index contributed by atoms with van der Waals surface area (Å²) in [6, 6.07) is 7.35. The van der Waals surface area contributed by atoms with Crippen molar-refractivity contribution in [2.24, 2.45) is 0 Å². The highest BCUT2D eigenvalue weighted by Gasteiger charge is 2.18. The van der Waals surface area contributed by atoms with E-state index < -0.39 is 15.9 Å². The monoisotopic (exact) mass is 340 g/mol. The molecule has 1 aromatic carbocycles. The van der Waals surface area contributed by atoms with Gasteiger partial charge >= 0.3 is 0 Å². The minimum Gasteiger partial charge on any atom is -0.494 e. The van der Waals surface area contributed by atoms with Gasteiger partial charge in [-0.25, -0.2) is 18.1 Å². The van der Waals surface area contributed by atoms with Crippen LogP contribution in [0.2, 0.25) is 0 Å². The molecule has 0 aliphatic rings. The van der Waals surface area contributed by atoms with Crippen LogP contribution in [0, 0.1) is 6.92 Å². The highest BCUT2D eigenvalue weighted by Crippen LogP contribution is 2.29. The summed E-state index contributed by atoms with van der Waals surface area (Å²) in [5.41, 5.74) is 1.34. The van der Waals surface area contributed by atoms with Gasteiger partial charge in [0.25, 0.3) is 5.91 Å². The zero-order chi connectivity index (χ0) is 16.3. The van der Waals surface area contributed by atoms with E-state index in [9.17, 15) is 13.2 Å². The molecule has 0 aliphatic carbocycles. The zero-order valence-corrected chi connectivity index (χ0v) is 14.0. The van der Waals surface area contributed by atoms with Gasteiger partial charge in [0.2, 0.25) is 10.0 Å². The number of amides is 1. The summed E-state index contributed by atoms with van der Waals surface area (Å²) in [6.45, 7) is 4.17.